The molecule has 172 valence electrons. The molecule has 0 bridgehead atoms. The number of ether oxygens (including phenoxy) is 5. The smallest absolute Gasteiger partial charge is 0.331 e. The van der Waals surface area contributed by atoms with Crippen LogP contribution >= 0.6 is 0 Å². The van der Waals surface area contributed by atoms with Crippen molar-refractivity contribution < 1.29 is 43.5 Å². The third-order valence-electron chi connectivity index (χ3n) is 4.67. The van der Waals surface area contributed by atoms with Gasteiger partial charge in [-0.3, -0.25) is 0 Å². The topological polar surface area (TPSA) is 121 Å². The quantitative estimate of drug-likeness (QED) is 0.416. The normalized spacial score (nSPS) is 21.1. The van der Waals surface area contributed by atoms with Gasteiger partial charge in [-0.1, -0.05) is 13.8 Å². The van der Waals surface area contributed by atoms with Crippen molar-refractivity contribution in [3.63, 3.8) is 0 Å². The molecule has 0 spiro atoms. The Morgan fingerprint density at radius 3 is 2.13 bits per heavy atom. The summed E-state index contributed by atoms with van der Waals surface area (Å²) < 4.78 is 26.9. The lowest BCUT2D eigenvalue weighted by atomic mass is 9.92. The molecule has 1 aliphatic heterocycles. The molecule has 0 aliphatic carbocycles. The second-order valence-electron chi connectivity index (χ2n) is 7.55. The zero-order valence-electron chi connectivity index (χ0n) is 18.1. The zero-order chi connectivity index (χ0) is 22.9. The molecular weight excluding hydrogens is 408 g/mol. The van der Waals surface area contributed by atoms with E-state index in [4.69, 9.17) is 23.7 Å². The number of aliphatic hydroxyl groups is 2. The van der Waals surface area contributed by atoms with Gasteiger partial charge in [0.1, 0.15) is 12.4 Å². The molecule has 2 rings (SSSR count). The van der Waals surface area contributed by atoms with Gasteiger partial charge in [0.25, 0.3) is 0 Å². The number of carbonyl (C=O) groups is 2. The minimum absolute atomic E-state index is 0.0230. The van der Waals surface area contributed by atoms with E-state index in [1.165, 1.54) is 7.11 Å². The Bertz CT molecular complexity index is 754. The average molecular weight is 438 g/mol. The molecule has 0 atom stereocenters. The molecule has 0 saturated carbocycles. The van der Waals surface area contributed by atoms with Gasteiger partial charge >= 0.3 is 11.9 Å². The van der Waals surface area contributed by atoms with Crippen LogP contribution in [-0.2, 0) is 41.8 Å². The van der Waals surface area contributed by atoms with Crippen molar-refractivity contribution in [2.45, 2.75) is 39.8 Å². The number of carbonyl (C=O) groups excluding carboxylic acids is 2. The summed E-state index contributed by atoms with van der Waals surface area (Å²) in [7, 11) is 1.50. The number of methoxy groups -OCH3 is 1. The molecule has 1 aliphatic rings. The molecule has 1 heterocycles. The fraction of sp³-hybridized carbons (Fsp3) is 0.545. The van der Waals surface area contributed by atoms with Crippen LogP contribution in [0.1, 0.15) is 43.2 Å². The predicted molar refractivity (Wildman–Crippen MR) is 109 cm³/mol. The van der Waals surface area contributed by atoms with Crippen LogP contribution in [0.4, 0.5) is 0 Å². The van der Waals surface area contributed by atoms with Crippen LogP contribution in [0.2, 0.25) is 0 Å². The lowest BCUT2D eigenvalue weighted by molar-refractivity contribution is -0.239. The molecule has 0 radical (unpaired) electrons. The lowest BCUT2D eigenvalue weighted by Gasteiger charge is -2.37. The van der Waals surface area contributed by atoms with Gasteiger partial charge in [-0.2, -0.15) is 0 Å². The number of rotatable bonds is 10. The van der Waals surface area contributed by atoms with E-state index in [1.54, 1.807) is 12.1 Å². The van der Waals surface area contributed by atoms with Gasteiger partial charge in [0.05, 0.1) is 40.1 Å². The number of esters is 2. The first-order valence-electron chi connectivity index (χ1n) is 10.0. The first-order chi connectivity index (χ1) is 14.9. The molecule has 0 amide bonds. The minimum atomic E-state index is -0.785. The summed E-state index contributed by atoms with van der Waals surface area (Å²) >= 11 is 0. The Kier molecular flexibility index (Phi) is 9.44. The van der Waals surface area contributed by atoms with E-state index in [1.807, 2.05) is 13.8 Å². The third kappa shape index (κ3) is 7.03. The Morgan fingerprint density at radius 1 is 1.10 bits per heavy atom. The Morgan fingerprint density at radius 2 is 1.65 bits per heavy atom. The van der Waals surface area contributed by atoms with Crippen molar-refractivity contribution in [2.75, 3.05) is 33.5 Å². The van der Waals surface area contributed by atoms with E-state index in [-0.39, 0.29) is 39.6 Å². The second kappa shape index (κ2) is 11.8. The van der Waals surface area contributed by atoms with Crippen LogP contribution in [-0.4, -0.2) is 55.7 Å². The number of benzene rings is 1. The zero-order valence-corrected chi connectivity index (χ0v) is 18.1. The maximum atomic E-state index is 11.9. The van der Waals surface area contributed by atoms with Gasteiger partial charge in [0, 0.05) is 23.1 Å². The molecule has 1 aromatic carbocycles. The monoisotopic (exact) mass is 438 g/mol. The fourth-order valence-corrected chi connectivity index (χ4v) is 3.00. The summed E-state index contributed by atoms with van der Waals surface area (Å²) in [5.41, 5.74) is 1.01. The molecule has 1 aromatic rings. The van der Waals surface area contributed by atoms with Gasteiger partial charge in [0.15, 0.2) is 6.29 Å². The summed E-state index contributed by atoms with van der Waals surface area (Å²) in [6.07, 6.45) is 1.96. The maximum Gasteiger partial charge on any atom is 0.331 e. The van der Waals surface area contributed by atoms with E-state index in [9.17, 15) is 19.8 Å². The summed E-state index contributed by atoms with van der Waals surface area (Å²) in [5, 5.41) is 19.5. The highest BCUT2D eigenvalue weighted by Gasteiger charge is 2.36. The van der Waals surface area contributed by atoms with Gasteiger partial charge in [-0.15, -0.1) is 0 Å². The fourth-order valence-electron chi connectivity index (χ4n) is 3.00. The van der Waals surface area contributed by atoms with Crippen LogP contribution in [0.3, 0.4) is 0 Å². The predicted octanol–water partition coefficient (Wildman–Crippen LogP) is 1.78. The molecule has 0 aromatic heterocycles. The van der Waals surface area contributed by atoms with Crippen molar-refractivity contribution in [2.24, 2.45) is 5.41 Å². The van der Waals surface area contributed by atoms with E-state index in [0.717, 1.165) is 12.2 Å². The van der Waals surface area contributed by atoms with E-state index in [0.29, 0.717) is 28.9 Å². The highest BCUT2D eigenvalue weighted by atomic mass is 16.7. The van der Waals surface area contributed by atoms with Gasteiger partial charge in [-0.25, -0.2) is 9.59 Å². The number of aliphatic hydroxyl groups excluding tert-OH is 2. The molecular formula is C22H30O9. The summed E-state index contributed by atoms with van der Waals surface area (Å²) in [6, 6.07) is 3.32. The second-order valence-corrected chi connectivity index (χ2v) is 7.55. The molecule has 1 fully saturated rings. The Balaban J connectivity index is 1.95. The number of hydrogen-bond donors (Lipinski definition) is 2. The number of hydrogen-bond acceptors (Lipinski definition) is 9. The van der Waals surface area contributed by atoms with Gasteiger partial charge < -0.3 is 33.9 Å². The molecule has 2 N–H and O–H groups in total. The Labute approximate surface area is 181 Å². The highest BCUT2D eigenvalue weighted by Crippen LogP contribution is 2.36. The van der Waals surface area contributed by atoms with Crippen LogP contribution in [0.15, 0.2) is 24.3 Å². The van der Waals surface area contributed by atoms with Crippen LogP contribution in [0.5, 0.6) is 5.75 Å². The SMILES string of the molecule is CCCOC(=O)/C=C/C(=O)OCC1(C)COC(c2c(CO)cc(OC)cc2CO)OC1. The third-order valence-corrected chi connectivity index (χ3v) is 4.67. The molecule has 9 nitrogen and oxygen atoms in total. The Hall–Kier alpha value is -2.46. The molecule has 31 heavy (non-hydrogen) atoms. The highest BCUT2D eigenvalue weighted by molar-refractivity contribution is 5.91. The van der Waals surface area contributed by atoms with Crippen LogP contribution in [0.25, 0.3) is 0 Å². The molecule has 9 heteroatoms. The van der Waals surface area contributed by atoms with E-state index in [2.05, 4.69) is 0 Å². The van der Waals surface area contributed by atoms with Crippen molar-refractivity contribution in [1.82, 2.24) is 0 Å². The van der Waals surface area contributed by atoms with Gasteiger partial charge in [-0.05, 0) is 29.7 Å². The first-order valence-corrected chi connectivity index (χ1v) is 10.0. The van der Waals surface area contributed by atoms with E-state index >= 15 is 0 Å². The first kappa shape index (κ1) is 24.8. The average Bonchev–Trinajstić information content (AvgIpc) is 2.79. The summed E-state index contributed by atoms with van der Waals surface area (Å²) in [4.78, 5) is 23.2. The van der Waals surface area contributed by atoms with Crippen molar-refractivity contribution in [3.8, 4) is 5.75 Å². The van der Waals surface area contributed by atoms with Crippen LogP contribution < -0.4 is 4.74 Å². The summed E-state index contributed by atoms with van der Waals surface area (Å²) in [6.45, 7) is 3.91. The van der Waals surface area contributed by atoms with Crippen molar-refractivity contribution in [1.29, 1.82) is 0 Å². The standard InChI is InChI=1S/C22H30O9/c1-4-7-28-18(25)5-6-19(26)29-12-22(2)13-30-21(31-14-22)20-15(10-23)8-17(27-3)9-16(20)11-24/h5-6,8-9,21,23-24H,4,7,10-14H2,1-3H3/b6-5+. The lowest BCUT2D eigenvalue weighted by Crippen LogP contribution is -2.40. The molecule has 1 saturated heterocycles. The minimum Gasteiger partial charge on any atom is -0.497 e. The van der Waals surface area contributed by atoms with Crippen molar-refractivity contribution in [3.05, 3.63) is 41.0 Å². The molecule has 0 unspecified atom stereocenters. The van der Waals surface area contributed by atoms with Crippen LogP contribution in [0, 0.1) is 5.41 Å². The van der Waals surface area contributed by atoms with Gasteiger partial charge in [0.2, 0.25) is 0 Å². The summed E-state index contributed by atoms with van der Waals surface area (Å²) in [5.74, 6) is -0.760. The van der Waals surface area contributed by atoms with Crippen molar-refractivity contribution >= 4 is 11.9 Å². The largest absolute Gasteiger partial charge is 0.497 e. The van der Waals surface area contributed by atoms with E-state index < -0.39 is 23.6 Å². The maximum absolute atomic E-state index is 11.9.